The van der Waals surface area contributed by atoms with E-state index in [-0.39, 0.29) is 6.61 Å². The highest BCUT2D eigenvalue weighted by atomic mass is 79.9. The number of rotatable bonds is 4. The Morgan fingerprint density at radius 1 is 1.15 bits per heavy atom. The first-order chi connectivity index (χ1) is 9.51. The fourth-order valence-electron chi connectivity index (χ4n) is 1.95. The molecule has 106 valence electrons. The maximum Gasteiger partial charge on any atom is 0.132 e. The molecule has 2 aromatic carbocycles. The predicted molar refractivity (Wildman–Crippen MR) is 77.5 cm³/mol. The largest absolute Gasteiger partial charge is 0.488 e. The molecular weight excluding hydrogens is 328 g/mol. The first-order valence-corrected chi connectivity index (χ1v) is 6.86. The lowest BCUT2D eigenvalue weighted by Crippen LogP contribution is -2.05. The molecule has 0 saturated heterocycles. The molecule has 0 saturated carbocycles. The minimum atomic E-state index is -0.617. The van der Waals surface area contributed by atoms with Crippen molar-refractivity contribution in [3.63, 3.8) is 0 Å². The molecule has 0 aliphatic rings. The quantitative estimate of drug-likeness (QED) is 0.909. The van der Waals surface area contributed by atoms with Crippen molar-refractivity contribution in [1.82, 2.24) is 0 Å². The van der Waals surface area contributed by atoms with Crippen molar-refractivity contribution in [2.75, 3.05) is 0 Å². The van der Waals surface area contributed by atoms with E-state index in [1.807, 2.05) is 19.1 Å². The van der Waals surface area contributed by atoms with Crippen LogP contribution in [0, 0.1) is 18.6 Å². The summed E-state index contributed by atoms with van der Waals surface area (Å²) in [6, 6.07) is 7.19. The van der Waals surface area contributed by atoms with E-state index in [2.05, 4.69) is 15.9 Å². The van der Waals surface area contributed by atoms with Crippen molar-refractivity contribution in [2.45, 2.75) is 20.1 Å². The Morgan fingerprint density at radius 3 is 2.55 bits per heavy atom. The van der Waals surface area contributed by atoms with Crippen molar-refractivity contribution in [3.8, 4) is 5.75 Å². The molecule has 0 atom stereocenters. The SMILES string of the molecule is Cc1cc(Br)cc(CN)c1OCc1ccc(F)cc1F. The van der Waals surface area contributed by atoms with Crippen molar-refractivity contribution in [3.05, 3.63) is 63.1 Å². The van der Waals surface area contributed by atoms with Crippen molar-refractivity contribution < 1.29 is 13.5 Å². The molecule has 0 heterocycles. The lowest BCUT2D eigenvalue weighted by Gasteiger charge is -2.14. The van der Waals surface area contributed by atoms with E-state index in [9.17, 15) is 8.78 Å². The maximum absolute atomic E-state index is 13.5. The minimum absolute atomic E-state index is 0.0294. The van der Waals surface area contributed by atoms with Gasteiger partial charge in [0.1, 0.15) is 24.0 Å². The second-order valence-corrected chi connectivity index (χ2v) is 5.36. The summed E-state index contributed by atoms with van der Waals surface area (Å²) >= 11 is 3.39. The first-order valence-electron chi connectivity index (χ1n) is 6.07. The molecule has 0 amide bonds. The van der Waals surface area contributed by atoms with Crippen LogP contribution in [0.5, 0.6) is 5.75 Å². The van der Waals surface area contributed by atoms with Gasteiger partial charge in [-0.25, -0.2) is 8.78 Å². The standard InChI is InChI=1S/C15H14BrF2NO/c1-9-4-12(16)5-11(7-19)15(9)20-8-10-2-3-13(17)6-14(10)18/h2-6H,7-8,19H2,1H3. The Labute approximate surface area is 124 Å². The van der Waals surface area contributed by atoms with Crippen molar-refractivity contribution in [2.24, 2.45) is 5.73 Å². The summed E-state index contributed by atoms with van der Waals surface area (Å²) in [5, 5.41) is 0. The Kier molecular flexibility index (Phi) is 4.73. The molecule has 2 rings (SSSR count). The number of halogens is 3. The number of aryl methyl sites for hydroxylation is 1. The Bertz CT molecular complexity index is 632. The zero-order chi connectivity index (χ0) is 14.7. The third-order valence-electron chi connectivity index (χ3n) is 2.92. The number of hydrogen-bond acceptors (Lipinski definition) is 2. The van der Waals surface area contributed by atoms with Crippen LogP contribution in [0.3, 0.4) is 0 Å². The average molecular weight is 342 g/mol. The van der Waals surface area contributed by atoms with Gasteiger partial charge < -0.3 is 10.5 Å². The average Bonchev–Trinajstić information content (AvgIpc) is 2.38. The highest BCUT2D eigenvalue weighted by Crippen LogP contribution is 2.28. The van der Waals surface area contributed by atoms with Gasteiger partial charge in [0.05, 0.1) is 0 Å². The molecule has 5 heteroatoms. The molecule has 0 radical (unpaired) electrons. The molecule has 2 aromatic rings. The molecule has 0 spiro atoms. The van der Waals surface area contributed by atoms with Crippen LogP contribution >= 0.6 is 15.9 Å². The summed E-state index contributed by atoms with van der Waals surface area (Å²) in [6.07, 6.45) is 0. The number of benzene rings is 2. The minimum Gasteiger partial charge on any atom is -0.488 e. The van der Waals surface area contributed by atoms with Gasteiger partial charge in [0.15, 0.2) is 0 Å². The van der Waals surface area contributed by atoms with E-state index in [1.165, 1.54) is 12.1 Å². The maximum atomic E-state index is 13.5. The fourth-order valence-corrected chi connectivity index (χ4v) is 2.57. The van der Waals surface area contributed by atoms with E-state index in [0.717, 1.165) is 21.7 Å². The number of ether oxygens (including phenoxy) is 1. The van der Waals surface area contributed by atoms with Gasteiger partial charge in [-0.2, -0.15) is 0 Å². The van der Waals surface area contributed by atoms with Gasteiger partial charge in [-0.1, -0.05) is 15.9 Å². The molecular formula is C15H14BrF2NO. The zero-order valence-corrected chi connectivity index (χ0v) is 12.5. The molecule has 0 aliphatic heterocycles. The smallest absolute Gasteiger partial charge is 0.132 e. The number of nitrogens with two attached hydrogens (primary N) is 1. The lowest BCUT2D eigenvalue weighted by atomic mass is 10.1. The van der Waals surface area contributed by atoms with Crippen LogP contribution in [0.1, 0.15) is 16.7 Å². The Balaban J connectivity index is 2.22. The van der Waals surface area contributed by atoms with Crippen LogP contribution in [0.2, 0.25) is 0 Å². The topological polar surface area (TPSA) is 35.2 Å². The van der Waals surface area contributed by atoms with E-state index in [4.69, 9.17) is 10.5 Å². The van der Waals surface area contributed by atoms with Crippen LogP contribution in [-0.2, 0) is 13.2 Å². The fraction of sp³-hybridized carbons (Fsp3) is 0.200. The van der Waals surface area contributed by atoms with E-state index in [1.54, 1.807) is 0 Å². The predicted octanol–water partition coefficient (Wildman–Crippen LogP) is 4.07. The molecule has 0 unspecified atom stereocenters. The normalized spacial score (nSPS) is 10.7. The summed E-state index contributed by atoms with van der Waals surface area (Å²) in [5.41, 5.74) is 7.72. The highest BCUT2D eigenvalue weighted by molar-refractivity contribution is 9.10. The monoisotopic (exact) mass is 341 g/mol. The van der Waals surface area contributed by atoms with Gasteiger partial charge in [-0.15, -0.1) is 0 Å². The summed E-state index contributed by atoms with van der Waals surface area (Å²) in [7, 11) is 0. The van der Waals surface area contributed by atoms with Crippen LogP contribution in [0.25, 0.3) is 0 Å². The second kappa shape index (κ2) is 6.33. The summed E-state index contributed by atoms with van der Waals surface area (Å²) < 4.78 is 33.0. The molecule has 20 heavy (non-hydrogen) atoms. The lowest BCUT2D eigenvalue weighted by molar-refractivity contribution is 0.294. The van der Waals surface area contributed by atoms with E-state index >= 15 is 0 Å². The van der Waals surface area contributed by atoms with Crippen molar-refractivity contribution in [1.29, 1.82) is 0 Å². The molecule has 2 nitrogen and oxygen atoms in total. The third kappa shape index (κ3) is 3.35. The summed E-state index contributed by atoms with van der Waals surface area (Å²) in [5.74, 6) is -0.581. The van der Waals surface area contributed by atoms with Crippen LogP contribution in [-0.4, -0.2) is 0 Å². The Hall–Kier alpha value is -1.46. The Morgan fingerprint density at radius 2 is 1.90 bits per heavy atom. The van der Waals surface area contributed by atoms with Gasteiger partial charge in [-0.05, 0) is 36.8 Å². The third-order valence-corrected chi connectivity index (χ3v) is 3.38. The molecule has 0 bridgehead atoms. The number of hydrogen-bond donors (Lipinski definition) is 1. The van der Waals surface area contributed by atoms with E-state index < -0.39 is 11.6 Å². The van der Waals surface area contributed by atoms with Gasteiger partial charge in [-0.3, -0.25) is 0 Å². The highest BCUT2D eigenvalue weighted by Gasteiger charge is 2.10. The van der Waals surface area contributed by atoms with Crippen LogP contribution < -0.4 is 10.5 Å². The van der Waals surface area contributed by atoms with Gasteiger partial charge in [0.2, 0.25) is 0 Å². The second-order valence-electron chi connectivity index (χ2n) is 4.44. The first kappa shape index (κ1) is 14.9. The van der Waals surface area contributed by atoms with Gasteiger partial charge >= 0.3 is 0 Å². The van der Waals surface area contributed by atoms with Gasteiger partial charge in [0, 0.05) is 28.2 Å². The van der Waals surface area contributed by atoms with Gasteiger partial charge in [0.25, 0.3) is 0 Å². The zero-order valence-electron chi connectivity index (χ0n) is 10.9. The van der Waals surface area contributed by atoms with E-state index in [0.29, 0.717) is 17.9 Å². The molecule has 0 aromatic heterocycles. The molecule has 0 fully saturated rings. The molecule has 2 N–H and O–H groups in total. The summed E-state index contributed by atoms with van der Waals surface area (Å²) in [4.78, 5) is 0. The summed E-state index contributed by atoms with van der Waals surface area (Å²) in [6.45, 7) is 2.24. The van der Waals surface area contributed by atoms with Crippen LogP contribution in [0.15, 0.2) is 34.8 Å². The molecule has 0 aliphatic carbocycles. The van der Waals surface area contributed by atoms with Crippen molar-refractivity contribution >= 4 is 15.9 Å². The van der Waals surface area contributed by atoms with Crippen LogP contribution in [0.4, 0.5) is 8.78 Å².